The van der Waals surface area contributed by atoms with Crippen molar-refractivity contribution >= 4 is 17.5 Å². The van der Waals surface area contributed by atoms with Gasteiger partial charge in [-0.3, -0.25) is 4.79 Å². The molecule has 1 atom stereocenters. The van der Waals surface area contributed by atoms with Crippen molar-refractivity contribution in [1.29, 1.82) is 0 Å². The number of nitrogens with one attached hydrogen (secondary N) is 1. The van der Waals surface area contributed by atoms with E-state index in [0.717, 1.165) is 31.5 Å². The first-order chi connectivity index (χ1) is 8.59. The van der Waals surface area contributed by atoms with Crippen molar-refractivity contribution in [1.82, 2.24) is 10.2 Å². The predicted molar refractivity (Wildman–Crippen MR) is 74.2 cm³/mol. The Kier molecular flexibility index (Phi) is 4.25. The van der Waals surface area contributed by atoms with Crippen molar-refractivity contribution in [3.63, 3.8) is 0 Å². The van der Waals surface area contributed by atoms with Gasteiger partial charge in [0.25, 0.3) is 5.91 Å². The second-order valence-corrected chi connectivity index (χ2v) is 5.29. The van der Waals surface area contributed by atoms with Crippen LogP contribution in [0.25, 0.3) is 0 Å². The van der Waals surface area contributed by atoms with Crippen molar-refractivity contribution in [3.05, 3.63) is 34.3 Å². The Bertz CT molecular complexity index is 441. The number of benzene rings is 1. The van der Waals surface area contributed by atoms with Crippen LogP contribution in [0, 0.1) is 6.92 Å². The molecule has 1 fully saturated rings. The number of hydrogen-bond donors (Lipinski definition) is 1. The summed E-state index contributed by atoms with van der Waals surface area (Å²) in [7, 11) is 1.88. The summed E-state index contributed by atoms with van der Waals surface area (Å²) in [6, 6.07) is 5.74. The van der Waals surface area contributed by atoms with Crippen LogP contribution in [-0.2, 0) is 0 Å². The van der Waals surface area contributed by atoms with Crippen molar-refractivity contribution in [2.75, 3.05) is 20.1 Å². The van der Waals surface area contributed by atoms with E-state index in [1.54, 1.807) is 12.1 Å². The fraction of sp³-hybridized carbons (Fsp3) is 0.500. The van der Waals surface area contributed by atoms with E-state index in [4.69, 9.17) is 11.6 Å². The predicted octanol–water partition coefficient (Wildman–Crippen LogP) is 2.47. The molecule has 0 aromatic heterocycles. The Morgan fingerprint density at radius 1 is 1.50 bits per heavy atom. The summed E-state index contributed by atoms with van der Waals surface area (Å²) >= 11 is 5.98. The summed E-state index contributed by atoms with van der Waals surface area (Å²) in [5.41, 5.74) is 1.66. The first kappa shape index (κ1) is 13.4. The maximum atomic E-state index is 12.4. The smallest absolute Gasteiger partial charge is 0.253 e. The van der Waals surface area contributed by atoms with E-state index >= 15 is 0 Å². The Balaban J connectivity index is 2.11. The summed E-state index contributed by atoms with van der Waals surface area (Å²) in [6.45, 7) is 3.86. The summed E-state index contributed by atoms with van der Waals surface area (Å²) in [6.07, 6.45) is 2.20. The van der Waals surface area contributed by atoms with Crippen LogP contribution in [0.3, 0.4) is 0 Å². The SMILES string of the molecule is Cc1cc(C(=O)N(C)C2CCCNC2)ccc1Cl. The molecule has 1 heterocycles. The average molecular weight is 267 g/mol. The lowest BCUT2D eigenvalue weighted by molar-refractivity contribution is 0.0708. The van der Waals surface area contributed by atoms with Gasteiger partial charge in [-0.1, -0.05) is 11.6 Å². The number of carbonyl (C=O) groups excluding carboxylic acids is 1. The fourth-order valence-electron chi connectivity index (χ4n) is 2.31. The van der Waals surface area contributed by atoms with Gasteiger partial charge in [-0.25, -0.2) is 0 Å². The Hall–Kier alpha value is -1.06. The molecule has 1 unspecified atom stereocenters. The lowest BCUT2D eigenvalue weighted by Crippen LogP contribution is -2.46. The van der Waals surface area contributed by atoms with Gasteiger partial charge in [-0.15, -0.1) is 0 Å². The third-order valence-corrected chi connectivity index (χ3v) is 3.97. The van der Waals surface area contributed by atoms with Crippen LogP contribution in [0.1, 0.15) is 28.8 Å². The molecule has 1 saturated heterocycles. The van der Waals surface area contributed by atoms with Gasteiger partial charge in [0.1, 0.15) is 0 Å². The molecule has 3 nitrogen and oxygen atoms in total. The van der Waals surface area contributed by atoms with E-state index in [2.05, 4.69) is 5.32 Å². The van der Waals surface area contributed by atoms with Gasteiger partial charge in [0.05, 0.1) is 0 Å². The van der Waals surface area contributed by atoms with E-state index in [1.807, 2.05) is 24.9 Å². The van der Waals surface area contributed by atoms with E-state index in [0.29, 0.717) is 16.6 Å². The fourth-order valence-corrected chi connectivity index (χ4v) is 2.43. The normalized spacial score (nSPS) is 19.6. The number of hydrogen-bond acceptors (Lipinski definition) is 2. The van der Waals surface area contributed by atoms with Gasteiger partial charge in [-0.2, -0.15) is 0 Å². The average Bonchev–Trinajstić information content (AvgIpc) is 2.41. The Labute approximate surface area is 113 Å². The van der Waals surface area contributed by atoms with Crippen LogP contribution in [-0.4, -0.2) is 37.0 Å². The number of amides is 1. The molecule has 1 aromatic rings. The van der Waals surface area contributed by atoms with Gasteiger partial charge < -0.3 is 10.2 Å². The number of carbonyl (C=O) groups is 1. The number of aryl methyl sites for hydroxylation is 1. The molecular formula is C14H19ClN2O. The molecule has 4 heteroatoms. The minimum atomic E-state index is 0.0727. The number of likely N-dealkylation sites (N-methyl/N-ethyl adjacent to an activating group) is 1. The van der Waals surface area contributed by atoms with Gasteiger partial charge in [0, 0.05) is 30.2 Å². The van der Waals surface area contributed by atoms with Crippen LogP contribution in [0.5, 0.6) is 0 Å². The summed E-state index contributed by atoms with van der Waals surface area (Å²) in [5, 5.41) is 4.03. The lowest BCUT2D eigenvalue weighted by atomic mass is 10.0. The maximum Gasteiger partial charge on any atom is 0.253 e. The minimum Gasteiger partial charge on any atom is -0.337 e. The van der Waals surface area contributed by atoms with Gasteiger partial charge in [0.2, 0.25) is 0 Å². The molecule has 18 heavy (non-hydrogen) atoms. The van der Waals surface area contributed by atoms with Crippen molar-refractivity contribution in [2.24, 2.45) is 0 Å². The largest absolute Gasteiger partial charge is 0.337 e. The molecule has 2 rings (SSSR count). The summed E-state index contributed by atoms with van der Waals surface area (Å²) in [4.78, 5) is 14.2. The lowest BCUT2D eigenvalue weighted by Gasteiger charge is -2.31. The molecule has 1 amide bonds. The summed E-state index contributed by atoms with van der Waals surface area (Å²) < 4.78 is 0. The van der Waals surface area contributed by atoms with Crippen LogP contribution >= 0.6 is 11.6 Å². The first-order valence-electron chi connectivity index (χ1n) is 6.33. The zero-order valence-electron chi connectivity index (χ0n) is 10.9. The highest BCUT2D eigenvalue weighted by molar-refractivity contribution is 6.31. The molecule has 0 spiro atoms. The zero-order valence-corrected chi connectivity index (χ0v) is 11.6. The monoisotopic (exact) mass is 266 g/mol. The zero-order chi connectivity index (χ0) is 13.1. The number of rotatable bonds is 2. The third kappa shape index (κ3) is 2.85. The highest BCUT2D eigenvalue weighted by Gasteiger charge is 2.22. The Morgan fingerprint density at radius 2 is 2.28 bits per heavy atom. The number of nitrogens with zero attached hydrogens (tertiary/aromatic N) is 1. The molecule has 0 radical (unpaired) electrons. The second kappa shape index (κ2) is 5.72. The molecule has 0 saturated carbocycles. The van der Waals surface area contributed by atoms with Crippen LogP contribution in [0.4, 0.5) is 0 Å². The van der Waals surface area contributed by atoms with Crippen LogP contribution < -0.4 is 5.32 Å². The maximum absolute atomic E-state index is 12.4. The second-order valence-electron chi connectivity index (χ2n) is 4.88. The standard InChI is InChI=1S/C14H19ClN2O/c1-10-8-11(5-6-13(10)15)14(18)17(2)12-4-3-7-16-9-12/h5-6,8,12,16H,3-4,7,9H2,1-2H3. The van der Waals surface area contributed by atoms with Crippen LogP contribution in [0.2, 0.25) is 5.02 Å². The van der Waals surface area contributed by atoms with Gasteiger partial charge in [-0.05, 0) is 50.1 Å². The van der Waals surface area contributed by atoms with E-state index in [1.165, 1.54) is 0 Å². The van der Waals surface area contributed by atoms with Gasteiger partial charge in [0.15, 0.2) is 0 Å². The van der Waals surface area contributed by atoms with E-state index in [9.17, 15) is 4.79 Å². The molecule has 1 N–H and O–H groups in total. The van der Waals surface area contributed by atoms with Crippen LogP contribution in [0.15, 0.2) is 18.2 Å². The molecule has 98 valence electrons. The highest BCUT2D eigenvalue weighted by Crippen LogP contribution is 2.18. The quantitative estimate of drug-likeness (QED) is 0.892. The highest BCUT2D eigenvalue weighted by atomic mass is 35.5. The first-order valence-corrected chi connectivity index (χ1v) is 6.71. The third-order valence-electron chi connectivity index (χ3n) is 3.54. The molecule has 0 aliphatic carbocycles. The minimum absolute atomic E-state index is 0.0727. The van der Waals surface area contributed by atoms with Crippen molar-refractivity contribution in [2.45, 2.75) is 25.8 Å². The van der Waals surface area contributed by atoms with Crippen molar-refractivity contribution in [3.8, 4) is 0 Å². The molecule has 1 aliphatic heterocycles. The molecule has 1 aromatic carbocycles. The Morgan fingerprint density at radius 3 is 2.89 bits per heavy atom. The van der Waals surface area contributed by atoms with E-state index in [-0.39, 0.29) is 5.91 Å². The number of halogens is 1. The van der Waals surface area contributed by atoms with Crippen molar-refractivity contribution < 1.29 is 4.79 Å². The molecule has 1 aliphatic rings. The molecular weight excluding hydrogens is 248 g/mol. The van der Waals surface area contributed by atoms with E-state index < -0.39 is 0 Å². The topological polar surface area (TPSA) is 32.3 Å². The number of piperidine rings is 1. The summed E-state index contributed by atoms with van der Waals surface area (Å²) in [5.74, 6) is 0.0727. The van der Waals surface area contributed by atoms with Gasteiger partial charge >= 0.3 is 0 Å². The molecule has 0 bridgehead atoms.